The van der Waals surface area contributed by atoms with Crippen LogP contribution in [0.15, 0.2) is 29.3 Å². The molecule has 1 heterocycles. The van der Waals surface area contributed by atoms with Gasteiger partial charge in [-0.15, -0.1) is 0 Å². The van der Waals surface area contributed by atoms with Crippen LogP contribution in [0.4, 0.5) is 4.39 Å². The van der Waals surface area contributed by atoms with Crippen LogP contribution in [-0.4, -0.2) is 43.7 Å². The van der Waals surface area contributed by atoms with Gasteiger partial charge in [0.2, 0.25) is 0 Å². The van der Waals surface area contributed by atoms with E-state index in [1.54, 1.807) is 0 Å². The number of hydrogen-bond donors (Lipinski definition) is 1. The molecule has 5 heteroatoms. The molecule has 1 aromatic carbocycles. The van der Waals surface area contributed by atoms with E-state index in [1.807, 2.05) is 17.0 Å². The lowest BCUT2D eigenvalue weighted by atomic mass is 9.74. The number of nitrogens with two attached hydrogens (primary N) is 1. The van der Waals surface area contributed by atoms with E-state index in [4.69, 9.17) is 10.5 Å². The lowest BCUT2D eigenvalue weighted by Gasteiger charge is -2.37. The van der Waals surface area contributed by atoms with E-state index in [9.17, 15) is 4.39 Å². The van der Waals surface area contributed by atoms with Gasteiger partial charge in [-0.1, -0.05) is 12.1 Å². The lowest BCUT2D eigenvalue weighted by Crippen LogP contribution is -2.41. The smallest absolute Gasteiger partial charge is 0.191 e. The molecule has 0 bridgehead atoms. The predicted molar refractivity (Wildman–Crippen MR) is 87.5 cm³/mol. The van der Waals surface area contributed by atoms with E-state index in [-0.39, 0.29) is 11.2 Å². The van der Waals surface area contributed by atoms with Crippen molar-refractivity contribution >= 4 is 5.96 Å². The van der Waals surface area contributed by atoms with Crippen molar-refractivity contribution in [2.75, 3.05) is 32.8 Å². The van der Waals surface area contributed by atoms with Gasteiger partial charge in [-0.25, -0.2) is 4.39 Å². The average molecular weight is 307 g/mol. The number of rotatable bonds is 5. The Kier molecular flexibility index (Phi) is 5.77. The van der Waals surface area contributed by atoms with Crippen LogP contribution in [0.5, 0.6) is 0 Å². The Morgan fingerprint density at radius 1 is 1.23 bits per heavy atom. The average Bonchev–Trinajstić information content (AvgIpc) is 2.55. The molecule has 0 amide bonds. The Bertz CT molecular complexity index is 491. The van der Waals surface area contributed by atoms with E-state index in [2.05, 4.69) is 18.8 Å². The molecule has 0 radical (unpaired) electrons. The Labute approximate surface area is 132 Å². The number of hydrogen-bond acceptors (Lipinski definition) is 2. The quantitative estimate of drug-likeness (QED) is 0.672. The minimum Gasteiger partial charge on any atom is -0.381 e. The van der Waals surface area contributed by atoms with Gasteiger partial charge in [0.05, 0.1) is 6.54 Å². The van der Waals surface area contributed by atoms with Crippen LogP contribution >= 0.6 is 0 Å². The molecule has 1 aliphatic heterocycles. The van der Waals surface area contributed by atoms with Gasteiger partial charge in [-0.05, 0) is 44.4 Å². The van der Waals surface area contributed by atoms with Gasteiger partial charge in [0.25, 0.3) is 0 Å². The van der Waals surface area contributed by atoms with Crippen molar-refractivity contribution in [3.05, 3.63) is 35.6 Å². The van der Waals surface area contributed by atoms with Crippen LogP contribution < -0.4 is 5.73 Å². The summed E-state index contributed by atoms with van der Waals surface area (Å²) < 4.78 is 18.7. The molecule has 0 saturated carbocycles. The summed E-state index contributed by atoms with van der Waals surface area (Å²) in [6, 6.07) is 6.77. The van der Waals surface area contributed by atoms with E-state index < -0.39 is 0 Å². The number of ether oxygens (including phenoxy) is 1. The van der Waals surface area contributed by atoms with Crippen LogP contribution in [0, 0.1) is 5.82 Å². The molecule has 2 N–H and O–H groups in total. The van der Waals surface area contributed by atoms with E-state index >= 15 is 0 Å². The van der Waals surface area contributed by atoms with Crippen LogP contribution in [0.25, 0.3) is 0 Å². The van der Waals surface area contributed by atoms with Gasteiger partial charge in [0.15, 0.2) is 5.96 Å². The van der Waals surface area contributed by atoms with Crippen molar-refractivity contribution in [2.24, 2.45) is 10.7 Å². The second-order valence-corrected chi connectivity index (χ2v) is 5.75. The highest BCUT2D eigenvalue weighted by Crippen LogP contribution is 2.35. The highest BCUT2D eigenvalue weighted by Gasteiger charge is 2.34. The van der Waals surface area contributed by atoms with E-state index in [0.29, 0.717) is 25.7 Å². The first kappa shape index (κ1) is 16.7. The van der Waals surface area contributed by atoms with Crippen LogP contribution in [0.1, 0.15) is 32.3 Å². The number of benzene rings is 1. The third-order valence-corrected chi connectivity index (χ3v) is 4.54. The second-order valence-electron chi connectivity index (χ2n) is 5.75. The zero-order chi connectivity index (χ0) is 16.0. The normalized spacial score (nSPS) is 18.2. The molecule has 4 nitrogen and oxygen atoms in total. The number of aliphatic imine (C=N–C) groups is 1. The third kappa shape index (κ3) is 3.77. The lowest BCUT2D eigenvalue weighted by molar-refractivity contribution is 0.0530. The van der Waals surface area contributed by atoms with Gasteiger partial charge in [-0.3, -0.25) is 4.99 Å². The van der Waals surface area contributed by atoms with Crippen molar-refractivity contribution in [2.45, 2.75) is 32.1 Å². The van der Waals surface area contributed by atoms with E-state index in [1.165, 1.54) is 12.1 Å². The van der Waals surface area contributed by atoms with Crippen molar-refractivity contribution in [1.82, 2.24) is 4.90 Å². The molecule has 0 aromatic heterocycles. The SMILES string of the molecule is CCN(CC)C(N)=NCC1(c2ccc(F)cc2)CCOCC1. The fourth-order valence-corrected chi connectivity index (χ4v) is 2.98. The summed E-state index contributed by atoms with van der Waals surface area (Å²) >= 11 is 0. The Hall–Kier alpha value is -1.62. The molecule has 1 saturated heterocycles. The maximum atomic E-state index is 13.2. The predicted octanol–water partition coefficient (Wildman–Crippen LogP) is 2.53. The highest BCUT2D eigenvalue weighted by molar-refractivity contribution is 5.78. The van der Waals surface area contributed by atoms with Gasteiger partial charge < -0.3 is 15.4 Å². The highest BCUT2D eigenvalue weighted by atomic mass is 19.1. The molecule has 2 rings (SSSR count). The summed E-state index contributed by atoms with van der Waals surface area (Å²) in [6.07, 6.45) is 1.77. The molecule has 1 aromatic rings. The Morgan fingerprint density at radius 2 is 1.82 bits per heavy atom. The molecular formula is C17H26FN3O. The second kappa shape index (κ2) is 7.58. The summed E-state index contributed by atoms with van der Waals surface area (Å²) in [7, 11) is 0. The van der Waals surface area contributed by atoms with E-state index in [0.717, 1.165) is 31.5 Å². The standard InChI is InChI=1S/C17H26FN3O/c1-3-21(4-2)16(19)20-13-17(9-11-22-12-10-17)14-5-7-15(18)8-6-14/h5-8H,3-4,9-13H2,1-2H3,(H2,19,20). The van der Waals surface area contributed by atoms with Crippen molar-refractivity contribution < 1.29 is 9.13 Å². The molecular weight excluding hydrogens is 281 g/mol. The fraction of sp³-hybridized carbons (Fsp3) is 0.588. The third-order valence-electron chi connectivity index (χ3n) is 4.54. The Morgan fingerprint density at radius 3 is 2.36 bits per heavy atom. The maximum absolute atomic E-state index is 13.2. The van der Waals surface area contributed by atoms with Gasteiger partial charge in [0.1, 0.15) is 5.82 Å². The minimum atomic E-state index is -0.211. The van der Waals surface area contributed by atoms with Gasteiger partial charge in [0, 0.05) is 31.7 Å². The largest absolute Gasteiger partial charge is 0.381 e. The molecule has 1 aliphatic rings. The zero-order valence-electron chi connectivity index (χ0n) is 13.5. The first-order valence-corrected chi connectivity index (χ1v) is 8.00. The molecule has 0 atom stereocenters. The van der Waals surface area contributed by atoms with Crippen molar-refractivity contribution in [3.63, 3.8) is 0 Å². The maximum Gasteiger partial charge on any atom is 0.191 e. The first-order valence-electron chi connectivity index (χ1n) is 8.00. The summed E-state index contributed by atoms with van der Waals surface area (Å²) in [5, 5.41) is 0. The number of halogens is 1. The minimum absolute atomic E-state index is 0.107. The molecule has 1 fully saturated rings. The fourth-order valence-electron chi connectivity index (χ4n) is 2.98. The molecule has 122 valence electrons. The van der Waals surface area contributed by atoms with Crippen LogP contribution in [0.2, 0.25) is 0 Å². The zero-order valence-corrected chi connectivity index (χ0v) is 13.5. The molecule has 22 heavy (non-hydrogen) atoms. The van der Waals surface area contributed by atoms with Crippen molar-refractivity contribution in [3.8, 4) is 0 Å². The molecule has 0 aliphatic carbocycles. The summed E-state index contributed by atoms with van der Waals surface area (Å²) in [6.45, 7) is 7.85. The first-order chi connectivity index (χ1) is 10.6. The van der Waals surface area contributed by atoms with Gasteiger partial charge >= 0.3 is 0 Å². The Balaban J connectivity index is 2.22. The number of nitrogens with zero attached hydrogens (tertiary/aromatic N) is 2. The molecule has 0 spiro atoms. The molecule has 0 unspecified atom stereocenters. The topological polar surface area (TPSA) is 50.8 Å². The van der Waals surface area contributed by atoms with Crippen LogP contribution in [0.3, 0.4) is 0 Å². The van der Waals surface area contributed by atoms with Gasteiger partial charge in [-0.2, -0.15) is 0 Å². The number of guanidine groups is 1. The summed E-state index contributed by atoms with van der Waals surface area (Å²) in [5.74, 6) is 0.370. The van der Waals surface area contributed by atoms with Crippen molar-refractivity contribution in [1.29, 1.82) is 0 Å². The monoisotopic (exact) mass is 307 g/mol. The summed E-state index contributed by atoms with van der Waals surface area (Å²) in [5.41, 5.74) is 7.11. The van der Waals surface area contributed by atoms with Crippen LogP contribution in [-0.2, 0) is 10.2 Å². The summed E-state index contributed by atoms with van der Waals surface area (Å²) in [4.78, 5) is 6.67.